The van der Waals surface area contributed by atoms with Gasteiger partial charge in [0.25, 0.3) is 0 Å². The van der Waals surface area contributed by atoms with Crippen molar-refractivity contribution in [3.05, 3.63) is 84.5 Å². The summed E-state index contributed by atoms with van der Waals surface area (Å²) in [5.74, 6) is -0.401. The standard InChI is InChI=1S/C25H37NO4.C22H39NO5/c1-2-26-25(30)13-9-4-3-8-12-21-22(24(29)18-23(21)28)17-16-20(27)15-14-19-10-6-5-7-11-19;1-2-3-6-9-17(25)12-13-19-18(20(26)16-21(19)27)10-7-4-5-8-11-22(28)23-14-15-24/h3,5-8,10-11,16-17,20-24,27-29H,2,4,9,12-15,18H2,1H3,(H,26,30);4,7,12-13,17-21,24-27H,2-3,5-6,8-11,14-16H2,1H3,(H,23,28)/b8-3-,17-16+;7-4-,13-12+/t20-,21+,22+,23-,24+;17-,18+,19+,20-,21+/m00/s1. The summed E-state index contributed by atoms with van der Waals surface area (Å²) in [6.07, 6.45) is 23.6. The number of hydrogen-bond donors (Lipinski definition) is 9. The van der Waals surface area contributed by atoms with E-state index in [2.05, 4.69) is 17.6 Å². The average molecular weight is 813 g/mol. The molecule has 1 aromatic carbocycles. The van der Waals surface area contributed by atoms with Crippen LogP contribution in [0.15, 0.2) is 78.9 Å². The molecule has 0 saturated heterocycles. The monoisotopic (exact) mass is 813 g/mol. The summed E-state index contributed by atoms with van der Waals surface area (Å²) in [6, 6.07) is 10.1. The molecule has 1 aromatic rings. The fourth-order valence-electron chi connectivity index (χ4n) is 7.75. The molecule has 2 aliphatic rings. The summed E-state index contributed by atoms with van der Waals surface area (Å²) >= 11 is 0. The first-order chi connectivity index (χ1) is 28.0. The summed E-state index contributed by atoms with van der Waals surface area (Å²) in [4.78, 5) is 22.9. The SMILES string of the molecule is CCCCC[C@H](O)/C=C/[C@@H]1[C@@H](C/C=C\CCCC(=O)NCCO)[C@@H](O)C[C@H]1O.CCNC(=O)CCC/C=C\C[C@@H]1[C@@H](/C=C/[C@@H](O)CCc2ccccc2)[C@H](O)C[C@@H]1O. The number of benzene rings is 1. The minimum Gasteiger partial charge on any atom is -0.395 e. The smallest absolute Gasteiger partial charge is 0.220 e. The molecule has 0 bridgehead atoms. The van der Waals surface area contributed by atoms with Crippen LogP contribution in [0.4, 0.5) is 0 Å². The van der Waals surface area contributed by atoms with Crippen LogP contribution in [0.5, 0.6) is 0 Å². The zero-order valence-corrected chi connectivity index (χ0v) is 35.2. The van der Waals surface area contributed by atoms with E-state index in [1.165, 1.54) is 5.56 Å². The Morgan fingerprint density at radius 3 is 1.71 bits per heavy atom. The Bertz CT molecular complexity index is 1350. The molecule has 9 N–H and O–H groups in total. The van der Waals surface area contributed by atoms with Gasteiger partial charge in [0.15, 0.2) is 0 Å². The quantitative estimate of drug-likeness (QED) is 0.0445. The molecule has 11 nitrogen and oxygen atoms in total. The van der Waals surface area contributed by atoms with Crippen molar-refractivity contribution in [3.8, 4) is 0 Å². The number of unbranched alkanes of at least 4 members (excludes halogenated alkanes) is 4. The number of aryl methyl sites for hydroxylation is 1. The van der Waals surface area contributed by atoms with Crippen molar-refractivity contribution in [1.82, 2.24) is 10.6 Å². The summed E-state index contributed by atoms with van der Waals surface area (Å²) in [5, 5.41) is 75.6. The molecule has 0 heterocycles. The van der Waals surface area contributed by atoms with Crippen molar-refractivity contribution < 1.29 is 45.3 Å². The molecule has 3 rings (SSSR count). The van der Waals surface area contributed by atoms with Crippen LogP contribution in [-0.2, 0) is 16.0 Å². The molecule has 328 valence electrons. The van der Waals surface area contributed by atoms with E-state index in [1.54, 1.807) is 12.2 Å². The number of amides is 2. The van der Waals surface area contributed by atoms with Gasteiger partial charge in [0.05, 0.1) is 43.2 Å². The topological polar surface area (TPSA) is 200 Å². The zero-order chi connectivity index (χ0) is 42.5. The molecule has 0 aliphatic heterocycles. The van der Waals surface area contributed by atoms with Gasteiger partial charge in [-0.15, -0.1) is 0 Å². The molecule has 0 unspecified atom stereocenters. The van der Waals surface area contributed by atoms with Crippen LogP contribution < -0.4 is 10.6 Å². The van der Waals surface area contributed by atoms with Gasteiger partial charge in [0, 0.05) is 50.6 Å². The molecule has 58 heavy (non-hydrogen) atoms. The van der Waals surface area contributed by atoms with Crippen molar-refractivity contribution in [2.75, 3.05) is 19.7 Å². The van der Waals surface area contributed by atoms with Crippen molar-refractivity contribution in [3.63, 3.8) is 0 Å². The molecular weight excluding hydrogens is 737 g/mol. The minimum atomic E-state index is -0.589. The number of carbonyl (C=O) groups excluding carboxylic acids is 2. The Balaban J connectivity index is 0.000000401. The second kappa shape index (κ2) is 30.8. The van der Waals surface area contributed by atoms with E-state index < -0.39 is 36.6 Å². The first kappa shape index (κ1) is 51.0. The van der Waals surface area contributed by atoms with E-state index in [1.807, 2.05) is 73.7 Å². The molecule has 11 heteroatoms. The molecule has 2 saturated carbocycles. The fourth-order valence-corrected chi connectivity index (χ4v) is 7.75. The van der Waals surface area contributed by atoms with Gasteiger partial charge in [-0.05, 0) is 82.1 Å². The number of aliphatic hydroxyl groups is 7. The van der Waals surface area contributed by atoms with Crippen molar-refractivity contribution >= 4 is 11.8 Å². The Kier molecular flexibility index (Phi) is 27.1. The van der Waals surface area contributed by atoms with Gasteiger partial charge in [0.2, 0.25) is 11.8 Å². The molecule has 2 amide bonds. The summed E-state index contributed by atoms with van der Waals surface area (Å²) in [5.41, 5.74) is 1.19. The Morgan fingerprint density at radius 1 is 0.690 bits per heavy atom. The van der Waals surface area contributed by atoms with Crippen molar-refractivity contribution in [2.45, 2.75) is 153 Å². The van der Waals surface area contributed by atoms with E-state index in [9.17, 15) is 40.2 Å². The molecule has 10 atom stereocenters. The predicted octanol–water partition coefficient (Wildman–Crippen LogP) is 5.21. The van der Waals surface area contributed by atoms with Crippen LogP contribution in [0.25, 0.3) is 0 Å². The highest BCUT2D eigenvalue weighted by molar-refractivity contribution is 5.76. The van der Waals surface area contributed by atoms with Crippen LogP contribution in [0.3, 0.4) is 0 Å². The summed E-state index contributed by atoms with van der Waals surface area (Å²) < 4.78 is 0. The Labute approximate surface area is 348 Å². The van der Waals surface area contributed by atoms with Gasteiger partial charge >= 0.3 is 0 Å². The molecule has 2 aliphatic carbocycles. The third-order valence-corrected chi connectivity index (χ3v) is 11.1. The summed E-state index contributed by atoms with van der Waals surface area (Å²) in [7, 11) is 0. The zero-order valence-electron chi connectivity index (χ0n) is 35.2. The maximum atomic E-state index is 11.4. The van der Waals surface area contributed by atoms with E-state index >= 15 is 0 Å². The van der Waals surface area contributed by atoms with Gasteiger partial charge in [-0.1, -0.05) is 105 Å². The lowest BCUT2D eigenvalue weighted by atomic mass is 9.89. The van der Waals surface area contributed by atoms with Crippen LogP contribution in [0.2, 0.25) is 0 Å². The lowest BCUT2D eigenvalue weighted by Crippen LogP contribution is -2.25. The highest BCUT2D eigenvalue weighted by atomic mass is 16.3. The third-order valence-electron chi connectivity index (χ3n) is 11.1. The normalized spacial score (nSPS) is 25.7. The largest absolute Gasteiger partial charge is 0.395 e. The number of carbonyl (C=O) groups is 2. The second-order valence-corrected chi connectivity index (χ2v) is 15.9. The maximum Gasteiger partial charge on any atom is 0.220 e. The van der Waals surface area contributed by atoms with Gasteiger partial charge in [-0.2, -0.15) is 0 Å². The molecule has 0 radical (unpaired) electrons. The Hall–Kier alpha value is -3.16. The van der Waals surface area contributed by atoms with E-state index in [4.69, 9.17) is 5.11 Å². The third kappa shape index (κ3) is 21.2. The first-order valence-corrected chi connectivity index (χ1v) is 21.9. The number of nitrogens with one attached hydrogen (secondary N) is 2. The molecular formula is C47H76N2O9. The number of hydrogen-bond acceptors (Lipinski definition) is 9. The first-order valence-electron chi connectivity index (χ1n) is 21.9. The second-order valence-electron chi connectivity index (χ2n) is 15.9. The predicted molar refractivity (Wildman–Crippen MR) is 230 cm³/mol. The fraction of sp³-hybridized carbons (Fsp3) is 0.660. The van der Waals surface area contributed by atoms with Crippen molar-refractivity contribution in [1.29, 1.82) is 0 Å². The van der Waals surface area contributed by atoms with Crippen molar-refractivity contribution in [2.24, 2.45) is 23.7 Å². The van der Waals surface area contributed by atoms with E-state index in [-0.39, 0.29) is 42.1 Å². The van der Waals surface area contributed by atoms with Crippen LogP contribution >= 0.6 is 0 Å². The van der Waals surface area contributed by atoms with Crippen LogP contribution in [0, 0.1) is 23.7 Å². The Morgan fingerprint density at radius 2 is 1.21 bits per heavy atom. The lowest BCUT2D eigenvalue weighted by Gasteiger charge is -2.19. The molecule has 0 spiro atoms. The summed E-state index contributed by atoms with van der Waals surface area (Å²) in [6.45, 7) is 4.94. The van der Waals surface area contributed by atoms with Gasteiger partial charge in [-0.3, -0.25) is 9.59 Å². The van der Waals surface area contributed by atoms with Gasteiger partial charge in [0.1, 0.15) is 0 Å². The maximum absolute atomic E-state index is 11.4. The van der Waals surface area contributed by atoms with Crippen LogP contribution in [0.1, 0.15) is 116 Å². The number of allylic oxidation sites excluding steroid dienone is 4. The lowest BCUT2D eigenvalue weighted by molar-refractivity contribution is -0.122. The van der Waals surface area contributed by atoms with E-state index in [0.717, 1.165) is 57.8 Å². The minimum absolute atomic E-state index is 0.0490. The molecule has 2 fully saturated rings. The van der Waals surface area contributed by atoms with E-state index in [0.29, 0.717) is 58.0 Å². The van der Waals surface area contributed by atoms with Gasteiger partial charge in [-0.25, -0.2) is 0 Å². The molecule has 0 aromatic heterocycles. The number of aliphatic hydroxyl groups excluding tert-OH is 7. The number of rotatable bonds is 26. The van der Waals surface area contributed by atoms with Crippen LogP contribution in [-0.4, -0.2) is 104 Å². The highest BCUT2D eigenvalue weighted by Gasteiger charge is 2.40. The average Bonchev–Trinajstić information content (AvgIpc) is 3.64. The van der Waals surface area contributed by atoms with Gasteiger partial charge < -0.3 is 46.4 Å². The highest BCUT2D eigenvalue weighted by Crippen LogP contribution is 2.37.